The summed E-state index contributed by atoms with van der Waals surface area (Å²) < 4.78 is 8.33. The highest BCUT2D eigenvalue weighted by molar-refractivity contribution is 6.30. The summed E-state index contributed by atoms with van der Waals surface area (Å²) in [5.41, 5.74) is 4.76. The van der Waals surface area contributed by atoms with Crippen molar-refractivity contribution in [2.75, 3.05) is 7.11 Å². The number of methoxy groups -OCH3 is 1. The van der Waals surface area contributed by atoms with Crippen LogP contribution in [0.1, 0.15) is 28.6 Å². The third-order valence-corrected chi connectivity index (χ3v) is 5.46. The Hall–Kier alpha value is -3.23. The lowest BCUT2D eigenvalue weighted by molar-refractivity contribution is -0.150. The number of carbonyl (C=O) groups excluding carboxylic acids is 1. The van der Waals surface area contributed by atoms with Crippen molar-refractivity contribution in [3.05, 3.63) is 64.2 Å². The summed E-state index contributed by atoms with van der Waals surface area (Å²) in [6, 6.07) is 7.23. The molecule has 1 atom stereocenters. The number of nitrogens with zero attached hydrogens (tertiary/aromatic N) is 5. The van der Waals surface area contributed by atoms with Gasteiger partial charge >= 0.3 is 5.97 Å². The number of benzene rings is 1. The number of hydrogen-bond donors (Lipinski definition) is 1. The van der Waals surface area contributed by atoms with Crippen LogP contribution in [0.2, 0.25) is 5.02 Å². The van der Waals surface area contributed by atoms with Crippen LogP contribution in [0.4, 0.5) is 0 Å². The van der Waals surface area contributed by atoms with Gasteiger partial charge in [0, 0.05) is 40.7 Å². The van der Waals surface area contributed by atoms with Crippen molar-refractivity contribution in [1.29, 1.82) is 0 Å². The quantitative estimate of drug-likeness (QED) is 0.479. The largest absolute Gasteiger partial charge is 0.467 e. The van der Waals surface area contributed by atoms with Gasteiger partial charge in [-0.3, -0.25) is 4.68 Å². The van der Waals surface area contributed by atoms with Gasteiger partial charge in [-0.15, -0.1) is 0 Å². The molecule has 9 heteroatoms. The molecule has 0 spiro atoms. The molecule has 1 aromatic carbocycles. The maximum atomic E-state index is 12.2. The van der Waals surface area contributed by atoms with E-state index in [0.717, 1.165) is 22.2 Å². The molecule has 160 valence electrons. The number of carbonyl (C=O) groups is 1. The molecular weight excluding hydrogens is 418 g/mol. The molecule has 0 unspecified atom stereocenters. The van der Waals surface area contributed by atoms with E-state index in [2.05, 4.69) is 5.10 Å². The number of fused-ring (bicyclic) bond motifs is 1. The Kier molecular flexibility index (Phi) is 5.51. The summed E-state index contributed by atoms with van der Waals surface area (Å²) in [6.07, 6.45) is 2.23. The summed E-state index contributed by atoms with van der Waals surface area (Å²) in [4.78, 5) is 16.9. The fraction of sp³-hybridized carbons (Fsp3) is 0.273. The van der Waals surface area contributed by atoms with Crippen LogP contribution in [0.5, 0.6) is 0 Å². The zero-order chi connectivity index (χ0) is 22.3. The predicted octanol–water partition coefficient (Wildman–Crippen LogP) is 3.36. The Labute approximate surface area is 184 Å². The molecule has 0 fully saturated rings. The lowest BCUT2D eigenvalue weighted by Crippen LogP contribution is -2.17. The number of ether oxygens (including phenoxy) is 1. The molecule has 4 aromatic rings. The van der Waals surface area contributed by atoms with Crippen molar-refractivity contribution >= 4 is 28.6 Å². The lowest BCUT2D eigenvalue weighted by Gasteiger charge is -2.18. The number of pyridine rings is 1. The minimum Gasteiger partial charge on any atom is -0.467 e. The van der Waals surface area contributed by atoms with E-state index in [9.17, 15) is 9.90 Å². The molecule has 31 heavy (non-hydrogen) atoms. The zero-order valence-electron chi connectivity index (χ0n) is 17.6. The van der Waals surface area contributed by atoms with Crippen molar-refractivity contribution in [3.63, 3.8) is 0 Å². The standard InChI is InChI=1S/C22H22ClN5O3/c1-12-17(20(29)22(30)31-4)19(15-5-7-16(23)8-6-15)18-13(2)26-28(21(18)25-12)11-14-9-24-27(3)10-14/h5-10,20,29H,11H2,1-4H3/t20-/m0/s1. The molecule has 3 aromatic heterocycles. The van der Waals surface area contributed by atoms with E-state index in [1.807, 2.05) is 37.0 Å². The van der Waals surface area contributed by atoms with Crippen LogP contribution in [-0.2, 0) is 23.1 Å². The fourth-order valence-corrected chi connectivity index (χ4v) is 3.95. The molecule has 0 saturated heterocycles. The van der Waals surface area contributed by atoms with Gasteiger partial charge < -0.3 is 9.84 Å². The van der Waals surface area contributed by atoms with Crippen molar-refractivity contribution in [3.8, 4) is 11.1 Å². The maximum absolute atomic E-state index is 12.2. The third kappa shape index (κ3) is 3.80. The molecule has 3 heterocycles. The number of esters is 1. The van der Waals surface area contributed by atoms with Crippen LogP contribution in [0.25, 0.3) is 22.2 Å². The maximum Gasteiger partial charge on any atom is 0.339 e. The number of aliphatic hydroxyl groups is 1. The Morgan fingerprint density at radius 1 is 1.23 bits per heavy atom. The SMILES string of the molecule is COC(=O)[C@@H](O)c1c(C)nc2c(c(C)nn2Cc2cnn(C)c2)c1-c1ccc(Cl)cc1. The predicted molar refractivity (Wildman–Crippen MR) is 117 cm³/mol. The summed E-state index contributed by atoms with van der Waals surface area (Å²) in [5.74, 6) is -0.750. The summed E-state index contributed by atoms with van der Waals surface area (Å²) >= 11 is 6.09. The normalized spacial score (nSPS) is 12.3. The first-order valence-electron chi connectivity index (χ1n) is 9.67. The molecule has 0 amide bonds. The minimum atomic E-state index is -1.48. The van der Waals surface area contributed by atoms with Crippen molar-refractivity contribution < 1.29 is 14.6 Å². The van der Waals surface area contributed by atoms with E-state index in [1.165, 1.54) is 7.11 Å². The van der Waals surface area contributed by atoms with Gasteiger partial charge in [0.2, 0.25) is 0 Å². The van der Waals surface area contributed by atoms with Gasteiger partial charge in [0.05, 0.1) is 30.9 Å². The van der Waals surface area contributed by atoms with Gasteiger partial charge in [0.25, 0.3) is 0 Å². The monoisotopic (exact) mass is 439 g/mol. The molecule has 0 aliphatic rings. The van der Waals surface area contributed by atoms with Gasteiger partial charge in [0.1, 0.15) is 0 Å². The van der Waals surface area contributed by atoms with Crippen LogP contribution in [0.15, 0.2) is 36.7 Å². The second-order valence-electron chi connectivity index (χ2n) is 7.38. The number of hydrogen-bond acceptors (Lipinski definition) is 6. The van der Waals surface area contributed by atoms with Crippen LogP contribution < -0.4 is 0 Å². The van der Waals surface area contributed by atoms with Gasteiger partial charge in [-0.25, -0.2) is 14.5 Å². The van der Waals surface area contributed by atoms with Crippen LogP contribution in [0.3, 0.4) is 0 Å². The number of aryl methyl sites for hydroxylation is 3. The van der Waals surface area contributed by atoms with Crippen molar-refractivity contribution in [1.82, 2.24) is 24.5 Å². The first-order valence-corrected chi connectivity index (χ1v) is 10.0. The number of aromatic nitrogens is 5. The smallest absolute Gasteiger partial charge is 0.339 e. The van der Waals surface area contributed by atoms with E-state index in [4.69, 9.17) is 26.4 Å². The van der Waals surface area contributed by atoms with E-state index >= 15 is 0 Å². The Bertz CT molecular complexity index is 1280. The molecule has 0 radical (unpaired) electrons. The summed E-state index contributed by atoms with van der Waals surface area (Å²) in [6.45, 7) is 4.13. The summed E-state index contributed by atoms with van der Waals surface area (Å²) in [5, 5.41) is 21.0. The average molecular weight is 440 g/mol. The number of aliphatic hydroxyl groups excluding tert-OH is 1. The molecule has 0 bridgehead atoms. The van der Waals surface area contributed by atoms with E-state index < -0.39 is 12.1 Å². The highest BCUT2D eigenvalue weighted by atomic mass is 35.5. The molecule has 0 saturated carbocycles. The van der Waals surface area contributed by atoms with Crippen LogP contribution in [-0.4, -0.2) is 42.7 Å². The lowest BCUT2D eigenvalue weighted by atomic mass is 9.92. The Morgan fingerprint density at radius 3 is 2.55 bits per heavy atom. The molecule has 4 rings (SSSR count). The van der Waals surface area contributed by atoms with Crippen LogP contribution >= 0.6 is 11.6 Å². The number of halogens is 1. The van der Waals surface area contributed by atoms with E-state index in [-0.39, 0.29) is 0 Å². The molecule has 0 aliphatic carbocycles. The molecule has 1 N–H and O–H groups in total. The average Bonchev–Trinajstić information content (AvgIpc) is 3.29. The molecular formula is C22H22ClN5O3. The second kappa shape index (κ2) is 8.13. The summed E-state index contributed by atoms with van der Waals surface area (Å²) in [7, 11) is 3.10. The molecule has 8 nitrogen and oxygen atoms in total. The zero-order valence-corrected chi connectivity index (χ0v) is 18.4. The van der Waals surface area contributed by atoms with Crippen LogP contribution in [0, 0.1) is 13.8 Å². The Morgan fingerprint density at radius 2 is 1.94 bits per heavy atom. The third-order valence-electron chi connectivity index (χ3n) is 5.20. The highest BCUT2D eigenvalue weighted by Crippen LogP contribution is 2.38. The van der Waals surface area contributed by atoms with Gasteiger partial charge in [-0.2, -0.15) is 10.2 Å². The fourth-order valence-electron chi connectivity index (χ4n) is 3.83. The Balaban J connectivity index is 2.00. The minimum absolute atomic E-state index is 0.394. The van der Waals surface area contributed by atoms with Gasteiger partial charge in [-0.05, 0) is 31.5 Å². The van der Waals surface area contributed by atoms with Gasteiger partial charge in [0.15, 0.2) is 11.8 Å². The van der Waals surface area contributed by atoms with Crippen molar-refractivity contribution in [2.45, 2.75) is 26.5 Å². The van der Waals surface area contributed by atoms with Crippen molar-refractivity contribution in [2.24, 2.45) is 7.05 Å². The second-order valence-corrected chi connectivity index (χ2v) is 7.82. The number of rotatable bonds is 5. The highest BCUT2D eigenvalue weighted by Gasteiger charge is 2.29. The molecule has 0 aliphatic heterocycles. The first-order chi connectivity index (χ1) is 14.8. The van der Waals surface area contributed by atoms with Gasteiger partial charge in [-0.1, -0.05) is 23.7 Å². The topological polar surface area (TPSA) is 95.1 Å². The first kappa shape index (κ1) is 21.0. The van der Waals surface area contributed by atoms with E-state index in [1.54, 1.807) is 29.9 Å². The van der Waals surface area contributed by atoms with E-state index in [0.29, 0.717) is 34.0 Å².